The molecule has 9 nitrogen and oxygen atoms in total. The van der Waals surface area contributed by atoms with Crippen LogP contribution in [0.4, 0.5) is 0 Å². The van der Waals surface area contributed by atoms with Crippen LogP contribution in [0.25, 0.3) is 0 Å². The average Bonchev–Trinajstić information content (AvgIpc) is 3.46. The van der Waals surface area contributed by atoms with E-state index in [1.807, 2.05) is 21.1 Å². The molecule has 0 aliphatic heterocycles. The van der Waals surface area contributed by atoms with Gasteiger partial charge in [0.15, 0.2) is 6.10 Å². The fourth-order valence-electron chi connectivity index (χ4n) is 9.32. The summed E-state index contributed by atoms with van der Waals surface area (Å²) in [7, 11) is 5.97. The average molecular weight is 1160 g/mol. The summed E-state index contributed by atoms with van der Waals surface area (Å²) >= 11 is 0. The van der Waals surface area contributed by atoms with Crippen LogP contribution in [-0.2, 0) is 33.3 Å². The van der Waals surface area contributed by atoms with Crippen molar-refractivity contribution in [1.82, 2.24) is 0 Å². The second-order valence-electron chi connectivity index (χ2n) is 23.7. The van der Waals surface area contributed by atoms with E-state index < -0.39 is 24.3 Å². The van der Waals surface area contributed by atoms with E-state index in [-0.39, 0.29) is 32.2 Å². The minimum absolute atomic E-state index is 0.185. The number of hydrogen-bond acceptors (Lipinski definition) is 7. The van der Waals surface area contributed by atoms with E-state index in [2.05, 4.69) is 123 Å². The molecule has 0 spiro atoms. The second kappa shape index (κ2) is 64.0. The maximum atomic E-state index is 12.9. The van der Waals surface area contributed by atoms with Gasteiger partial charge in [-0.3, -0.25) is 9.59 Å². The lowest BCUT2D eigenvalue weighted by Crippen LogP contribution is -2.40. The van der Waals surface area contributed by atoms with Gasteiger partial charge in [-0.15, -0.1) is 0 Å². The van der Waals surface area contributed by atoms with E-state index in [1.54, 1.807) is 0 Å². The number of carboxylic acid groups (broad SMARTS) is 1. The predicted octanol–water partition coefficient (Wildman–Crippen LogP) is 21.0. The number of likely N-dealkylation sites (N-methyl/N-ethyl adjacent to an activating group) is 1. The highest BCUT2D eigenvalue weighted by atomic mass is 16.7. The Balaban J connectivity index is 4.05. The number of allylic oxidation sites excluding steroid dienone is 18. The predicted molar refractivity (Wildman–Crippen MR) is 355 cm³/mol. The molecule has 0 rings (SSSR count). The van der Waals surface area contributed by atoms with Crippen molar-refractivity contribution in [2.75, 3.05) is 47.5 Å². The number of carboxylic acids is 1. The van der Waals surface area contributed by atoms with Crippen LogP contribution in [0.1, 0.15) is 284 Å². The Bertz CT molecular complexity index is 1730. The highest BCUT2D eigenvalue weighted by molar-refractivity contribution is 5.71. The normalized spacial score (nSPS) is 13.4. The summed E-state index contributed by atoms with van der Waals surface area (Å²) in [6, 6.07) is 0. The van der Waals surface area contributed by atoms with Gasteiger partial charge < -0.3 is 28.5 Å². The number of carbonyl (C=O) groups excluding carboxylic acids is 2. The van der Waals surface area contributed by atoms with Gasteiger partial charge in [-0.05, 0) is 103 Å². The molecule has 83 heavy (non-hydrogen) atoms. The topological polar surface area (TPSA) is 108 Å². The number of quaternary nitrogens is 1. The van der Waals surface area contributed by atoms with E-state index in [9.17, 15) is 19.5 Å². The molecule has 0 aromatic carbocycles. The van der Waals surface area contributed by atoms with Crippen molar-refractivity contribution in [3.63, 3.8) is 0 Å². The lowest BCUT2D eigenvalue weighted by Gasteiger charge is -2.25. The summed E-state index contributed by atoms with van der Waals surface area (Å²) in [5.41, 5.74) is 0. The number of ether oxygens (including phenoxy) is 4. The van der Waals surface area contributed by atoms with Gasteiger partial charge >= 0.3 is 17.9 Å². The van der Waals surface area contributed by atoms with Crippen LogP contribution < -0.4 is 0 Å². The lowest BCUT2D eigenvalue weighted by atomic mass is 10.0. The van der Waals surface area contributed by atoms with Crippen LogP contribution in [0.5, 0.6) is 0 Å². The molecular weight excluding hydrogens is 1030 g/mol. The number of rotatable bonds is 62. The standard InChI is InChI=1S/C74H127NO8/c1-6-8-10-12-14-16-18-20-22-24-25-26-27-28-29-30-31-32-33-34-35-36-37-38-39-40-41-42-43-44-45-46-47-49-51-53-55-57-59-61-63-65-72(77)83-70(69-82-74(73(78)79)80-67-66-75(3,4)5)68-81-71(76)64-62-60-58-56-54-52-50-48-23-21-19-17-15-13-11-9-7-2/h8,10,14,16,20-23,25-26,28-29,31-32,34-35,37-38,70,74H,6-7,9,11-13,15,17-19,24,27,30,33,36,39-69H2,1-5H3/p+1/b10-8-,16-14-,22-20-,23-21-,26-25-,29-28-,32-31-,35-34-,38-37-. The number of hydrogen-bond donors (Lipinski definition) is 1. The van der Waals surface area contributed by atoms with Crippen molar-refractivity contribution in [2.45, 2.75) is 296 Å². The number of aliphatic carboxylic acids is 1. The van der Waals surface area contributed by atoms with Crippen LogP contribution in [0.2, 0.25) is 0 Å². The number of carbonyl (C=O) groups is 3. The zero-order valence-corrected chi connectivity index (χ0v) is 54.3. The molecule has 2 atom stereocenters. The molecule has 2 unspecified atom stereocenters. The lowest BCUT2D eigenvalue weighted by molar-refractivity contribution is -0.870. The van der Waals surface area contributed by atoms with Crippen LogP contribution in [-0.4, -0.2) is 87.4 Å². The smallest absolute Gasteiger partial charge is 0.361 e. The van der Waals surface area contributed by atoms with Gasteiger partial charge in [-0.2, -0.15) is 0 Å². The van der Waals surface area contributed by atoms with Crippen LogP contribution >= 0.6 is 0 Å². The first-order valence-electron chi connectivity index (χ1n) is 34.1. The fourth-order valence-corrected chi connectivity index (χ4v) is 9.32. The summed E-state index contributed by atoms with van der Waals surface area (Å²) in [4.78, 5) is 37.5. The summed E-state index contributed by atoms with van der Waals surface area (Å²) in [5, 5.41) is 9.73. The van der Waals surface area contributed by atoms with Gasteiger partial charge in [0.2, 0.25) is 0 Å². The van der Waals surface area contributed by atoms with E-state index in [4.69, 9.17) is 18.9 Å². The number of esters is 2. The molecule has 0 amide bonds. The van der Waals surface area contributed by atoms with Crippen LogP contribution in [0.15, 0.2) is 109 Å². The molecule has 0 aromatic rings. The Hall–Kier alpha value is -4.05. The van der Waals surface area contributed by atoms with Crippen molar-refractivity contribution in [1.29, 1.82) is 0 Å². The van der Waals surface area contributed by atoms with Crippen molar-refractivity contribution in [2.24, 2.45) is 0 Å². The highest BCUT2D eigenvalue weighted by Crippen LogP contribution is 2.17. The summed E-state index contributed by atoms with van der Waals surface area (Å²) < 4.78 is 22.9. The third-order valence-electron chi connectivity index (χ3n) is 14.5. The number of nitrogens with zero attached hydrogens (tertiary/aromatic N) is 1. The monoisotopic (exact) mass is 1160 g/mol. The molecule has 9 heteroatoms. The SMILES string of the molecule is CC/C=C\C/C=C\C/C=C\C/C=C\C/C=C\C/C=C\C/C=C\C/C=C\CCCCCCCCCCCCCCCCCCC(=O)OC(COC(=O)CCCCCCCCC/C=C\CCCCCCCC)COC(OCC[N+](C)(C)C)C(=O)O. The summed E-state index contributed by atoms with van der Waals surface area (Å²) in [6.45, 7) is 4.77. The molecule has 0 saturated carbocycles. The van der Waals surface area contributed by atoms with Crippen LogP contribution in [0, 0.1) is 0 Å². The Labute approximate surface area is 511 Å². The molecule has 0 aromatic heterocycles. The summed E-state index contributed by atoms with van der Waals surface area (Å²) in [5.74, 6) is -2.00. The molecule has 0 aliphatic rings. The third kappa shape index (κ3) is 65.3. The minimum Gasteiger partial charge on any atom is -0.477 e. The first-order valence-corrected chi connectivity index (χ1v) is 34.1. The molecule has 0 heterocycles. The maximum Gasteiger partial charge on any atom is 0.361 e. The highest BCUT2D eigenvalue weighted by Gasteiger charge is 2.25. The van der Waals surface area contributed by atoms with Gasteiger partial charge in [0, 0.05) is 12.8 Å². The Morgan fingerprint density at radius 2 is 0.687 bits per heavy atom. The third-order valence-corrected chi connectivity index (χ3v) is 14.5. The maximum absolute atomic E-state index is 12.9. The molecule has 0 aliphatic carbocycles. The zero-order valence-electron chi connectivity index (χ0n) is 54.3. The molecule has 0 radical (unpaired) electrons. The second-order valence-corrected chi connectivity index (χ2v) is 23.7. The fraction of sp³-hybridized carbons (Fsp3) is 0.716. The van der Waals surface area contributed by atoms with Crippen LogP contribution in [0.3, 0.4) is 0 Å². The number of unbranched alkanes of at least 4 members (excludes halogenated alkanes) is 29. The van der Waals surface area contributed by atoms with Crippen molar-refractivity contribution in [3.05, 3.63) is 109 Å². The molecule has 0 bridgehead atoms. The molecule has 0 fully saturated rings. The first-order chi connectivity index (χ1) is 40.6. The Kier molecular flexibility index (Phi) is 60.8. The molecule has 1 N–H and O–H groups in total. The largest absolute Gasteiger partial charge is 0.477 e. The van der Waals surface area contributed by atoms with E-state index >= 15 is 0 Å². The minimum atomic E-state index is -1.51. The Morgan fingerprint density at radius 1 is 0.373 bits per heavy atom. The molecular formula is C74H128NO8+. The van der Waals surface area contributed by atoms with Gasteiger partial charge in [-0.1, -0.05) is 277 Å². The first kappa shape index (κ1) is 79.0. The Morgan fingerprint density at radius 3 is 1.04 bits per heavy atom. The quantitative estimate of drug-likeness (QED) is 0.0211. The zero-order chi connectivity index (χ0) is 60.5. The molecule has 476 valence electrons. The van der Waals surface area contributed by atoms with Gasteiger partial charge in [0.1, 0.15) is 13.2 Å². The van der Waals surface area contributed by atoms with Gasteiger partial charge in [0.05, 0.1) is 34.4 Å². The van der Waals surface area contributed by atoms with E-state index in [0.717, 1.165) is 89.9 Å². The van der Waals surface area contributed by atoms with Crippen molar-refractivity contribution < 1.29 is 42.9 Å². The molecule has 0 saturated heterocycles. The summed E-state index contributed by atoms with van der Waals surface area (Å²) in [6.07, 6.45) is 86.3. The van der Waals surface area contributed by atoms with E-state index in [1.165, 1.54) is 167 Å². The van der Waals surface area contributed by atoms with E-state index in [0.29, 0.717) is 17.4 Å². The van der Waals surface area contributed by atoms with Gasteiger partial charge in [0.25, 0.3) is 6.29 Å². The van der Waals surface area contributed by atoms with Gasteiger partial charge in [-0.25, -0.2) is 4.79 Å². The van der Waals surface area contributed by atoms with Crippen molar-refractivity contribution in [3.8, 4) is 0 Å². The van der Waals surface area contributed by atoms with Crippen molar-refractivity contribution >= 4 is 17.9 Å².